The summed E-state index contributed by atoms with van der Waals surface area (Å²) >= 11 is 0. The number of hydrogen-bond acceptors (Lipinski definition) is 0. The van der Waals surface area contributed by atoms with Gasteiger partial charge in [0, 0.05) is 0 Å². The molecule has 1 aromatic carbocycles. The van der Waals surface area contributed by atoms with Crippen LogP contribution in [0.15, 0.2) is 37.9 Å². The molecule has 1 rings (SSSR count). The summed E-state index contributed by atoms with van der Waals surface area (Å²) in [7, 11) is 0. The number of aryl methyl sites for hydroxylation is 2. The molecule has 0 nitrogen and oxygen atoms in total. The summed E-state index contributed by atoms with van der Waals surface area (Å²) in [6.45, 7) is 13.9. The Hall–Kier alpha value is -1.30. The summed E-state index contributed by atoms with van der Waals surface area (Å²) in [5, 5.41) is 0. The quantitative estimate of drug-likeness (QED) is 0.549. The second-order valence-corrected chi connectivity index (χ2v) is 2.56. The molecule has 1 aromatic rings. The van der Waals surface area contributed by atoms with Crippen molar-refractivity contribution in [3.8, 4) is 0 Å². The van der Waals surface area contributed by atoms with Gasteiger partial charge >= 0.3 is 0 Å². The lowest BCUT2D eigenvalue weighted by atomic mass is 10.1. The fourth-order valence-corrected chi connectivity index (χ4v) is 1.05. The van der Waals surface area contributed by atoms with Gasteiger partial charge in [-0.1, -0.05) is 36.4 Å². The van der Waals surface area contributed by atoms with E-state index in [0.717, 1.165) is 0 Å². The predicted octanol–water partition coefficient (Wildman–Crippen LogP) is 3.75. The molecule has 0 aliphatic heterocycles. The Morgan fingerprint density at radius 1 is 1.17 bits per heavy atom. The van der Waals surface area contributed by atoms with E-state index in [9.17, 15) is 0 Å². The first-order chi connectivity index (χ1) is 5.74. The van der Waals surface area contributed by atoms with Crippen molar-refractivity contribution in [2.24, 2.45) is 0 Å². The van der Waals surface area contributed by atoms with Crippen LogP contribution in [-0.2, 0) is 0 Å². The summed E-state index contributed by atoms with van der Waals surface area (Å²) in [5.41, 5.74) is 3.84. The van der Waals surface area contributed by atoms with Crippen molar-refractivity contribution in [1.82, 2.24) is 0 Å². The highest BCUT2D eigenvalue weighted by Gasteiger charge is 1.91. The molecule has 0 saturated heterocycles. The molecule has 0 aliphatic carbocycles. The molecule has 0 radical (unpaired) electrons. The Kier molecular flexibility index (Phi) is 4.78. The van der Waals surface area contributed by atoms with Crippen LogP contribution in [0.3, 0.4) is 0 Å². The van der Waals surface area contributed by atoms with Crippen molar-refractivity contribution in [3.05, 3.63) is 54.6 Å². The highest BCUT2D eigenvalue weighted by atomic mass is 14.0. The molecule has 0 fully saturated rings. The summed E-state index contributed by atoms with van der Waals surface area (Å²) in [5.74, 6) is 0. The van der Waals surface area contributed by atoms with Gasteiger partial charge in [-0.2, -0.15) is 0 Å². The average Bonchev–Trinajstić information content (AvgIpc) is 2.08. The zero-order valence-corrected chi connectivity index (χ0v) is 7.93. The molecule has 0 atom stereocenters. The third kappa shape index (κ3) is 2.75. The molecule has 0 saturated carbocycles. The third-order valence-corrected chi connectivity index (χ3v) is 1.65. The first-order valence-electron chi connectivity index (χ1n) is 3.93. The van der Waals surface area contributed by atoms with Crippen LogP contribution in [0.1, 0.15) is 16.7 Å². The third-order valence-electron chi connectivity index (χ3n) is 1.65. The molecule has 0 bridgehead atoms. The van der Waals surface area contributed by atoms with Gasteiger partial charge in [-0.15, -0.1) is 13.2 Å². The van der Waals surface area contributed by atoms with E-state index in [1.165, 1.54) is 16.7 Å². The Bertz CT molecular complexity index is 259. The van der Waals surface area contributed by atoms with Crippen molar-refractivity contribution < 1.29 is 0 Å². The van der Waals surface area contributed by atoms with Crippen LogP contribution in [0.4, 0.5) is 0 Å². The van der Waals surface area contributed by atoms with E-state index in [1.807, 2.05) is 6.08 Å². The van der Waals surface area contributed by atoms with Crippen LogP contribution in [0.5, 0.6) is 0 Å². The van der Waals surface area contributed by atoms with Gasteiger partial charge in [0.25, 0.3) is 0 Å². The molecule has 0 heterocycles. The summed E-state index contributed by atoms with van der Waals surface area (Å²) in [6, 6.07) is 6.36. The first kappa shape index (κ1) is 10.7. The Morgan fingerprint density at radius 3 is 2.17 bits per heavy atom. The fourth-order valence-electron chi connectivity index (χ4n) is 1.05. The summed E-state index contributed by atoms with van der Waals surface area (Å²) in [4.78, 5) is 0. The molecule has 0 unspecified atom stereocenters. The fraction of sp³-hybridized carbons (Fsp3) is 0.167. The Labute approximate surface area is 75.2 Å². The zero-order valence-electron chi connectivity index (χ0n) is 7.93. The maximum atomic E-state index is 3.72. The van der Waals surface area contributed by atoms with E-state index in [2.05, 4.69) is 51.8 Å². The van der Waals surface area contributed by atoms with Crippen molar-refractivity contribution in [2.45, 2.75) is 13.8 Å². The van der Waals surface area contributed by atoms with Crippen LogP contribution in [0.2, 0.25) is 0 Å². The molecule has 12 heavy (non-hydrogen) atoms. The van der Waals surface area contributed by atoms with E-state index in [1.54, 1.807) is 0 Å². The maximum Gasteiger partial charge on any atom is -0.0233 e. The van der Waals surface area contributed by atoms with Gasteiger partial charge in [0.15, 0.2) is 0 Å². The van der Waals surface area contributed by atoms with Gasteiger partial charge in [-0.3, -0.25) is 0 Å². The van der Waals surface area contributed by atoms with Gasteiger partial charge in [-0.25, -0.2) is 0 Å². The maximum absolute atomic E-state index is 3.72. The SMILES string of the molecule is C=C.C=Cc1ccc(C)cc1C. The summed E-state index contributed by atoms with van der Waals surface area (Å²) in [6.07, 6.45) is 1.88. The number of hydrogen-bond donors (Lipinski definition) is 0. The second-order valence-electron chi connectivity index (χ2n) is 2.56. The molecular formula is C12H16. The van der Waals surface area contributed by atoms with Gasteiger partial charge < -0.3 is 0 Å². The van der Waals surface area contributed by atoms with E-state index < -0.39 is 0 Å². The predicted molar refractivity (Wildman–Crippen MR) is 57.3 cm³/mol. The molecule has 0 heteroatoms. The average molecular weight is 160 g/mol. The van der Waals surface area contributed by atoms with Crippen LogP contribution in [0.25, 0.3) is 6.08 Å². The zero-order chi connectivity index (χ0) is 9.56. The van der Waals surface area contributed by atoms with Crippen LogP contribution in [0, 0.1) is 13.8 Å². The normalized spacial score (nSPS) is 8.17. The first-order valence-corrected chi connectivity index (χ1v) is 3.93. The lowest BCUT2D eigenvalue weighted by Crippen LogP contribution is -1.80. The molecule has 0 amide bonds. The number of rotatable bonds is 1. The lowest BCUT2D eigenvalue weighted by molar-refractivity contribution is 1.37. The molecule has 0 aromatic heterocycles. The van der Waals surface area contributed by atoms with Crippen LogP contribution < -0.4 is 0 Å². The lowest BCUT2D eigenvalue weighted by Gasteiger charge is -1.99. The molecular weight excluding hydrogens is 144 g/mol. The molecule has 0 spiro atoms. The van der Waals surface area contributed by atoms with Gasteiger partial charge in [-0.05, 0) is 25.0 Å². The minimum absolute atomic E-state index is 1.23. The van der Waals surface area contributed by atoms with E-state index in [-0.39, 0.29) is 0 Å². The standard InChI is InChI=1S/C10H12.C2H4/c1-4-10-6-5-8(2)7-9(10)3;1-2/h4-7H,1H2,2-3H3;1-2H2. The monoisotopic (exact) mass is 160 g/mol. The summed E-state index contributed by atoms with van der Waals surface area (Å²) < 4.78 is 0. The molecule has 0 N–H and O–H groups in total. The van der Waals surface area contributed by atoms with Gasteiger partial charge in [0.05, 0.1) is 0 Å². The second kappa shape index (κ2) is 5.36. The molecule has 64 valence electrons. The minimum Gasteiger partial charge on any atom is -0.106 e. The van der Waals surface area contributed by atoms with E-state index in [0.29, 0.717) is 0 Å². The van der Waals surface area contributed by atoms with E-state index in [4.69, 9.17) is 0 Å². The van der Waals surface area contributed by atoms with Crippen molar-refractivity contribution in [1.29, 1.82) is 0 Å². The Balaban J connectivity index is 0.000000561. The smallest absolute Gasteiger partial charge is 0.0233 e. The van der Waals surface area contributed by atoms with Crippen molar-refractivity contribution >= 4 is 6.08 Å². The largest absolute Gasteiger partial charge is 0.106 e. The highest BCUT2D eigenvalue weighted by Crippen LogP contribution is 2.10. The highest BCUT2D eigenvalue weighted by molar-refractivity contribution is 5.52. The van der Waals surface area contributed by atoms with Crippen LogP contribution in [-0.4, -0.2) is 0 Å². The number of benzene rings is 1. The molecule has 0 aliphatic rings. The van der Waals surface area contributed by atoms with Gasteiger partial charge in [0.1, 0.15) is 0 Å². The minimum atomic E-state index is 1.23. The van der Waals surface area contributed by atoms with Crippen LogP contribution >= 0.6 is 0 Å². The van der Waals surface area contributed by atoms with Crippen molar-refractivity contribution in [3.63, 3.8) is 0 Å². The van der Waals surface area contributed by atoms with Crippen molar-refractivity contribution in [2.75, 3.05) is 0 Å². The topological polar surface area (TPSA) is 0 Å². The Morgan fingerprint density at radius 2 is 1.75 bits per heavy atom. The van der Waals surface area contributed by atoms with E-state index >= 15 is 0 Å². The van der Waals surface area contributed by atoms with Gasteiger partial charge in [0.2, 0.25) is 0 Å².